The van der Waals surface area contributed by atoms with Crippen molar-refractivity contribution in [1.29, 1.82) is 0 Å². The van der Waals surface area contributed by atoms with Crippen LogP contribution in [0.4, 0.5) is 0 Å². The van der Waals surface area contributed by atoms with E-state index < -0.39 is 0 Å². The molecule has 2 bridgehead atoms. The molecule has 0 amide bonds. The monoisotopic (exact) mass is 309 g/mol. The van der Waals surface area contributed by atoms with Gasteiger partial charge in [0.25, 0.3) is 0 Å². The van der Waals surface area contributed by atoms with Crippen molar-refractivity contribution in [3.05, 3.63) is 13.8 Å². The van der Waals surface area contributed by atoms with E-state index >= 15 is 0 Å². The molecule has 0 heterocycles. The van der Waals surface area contributed by atoms with Crippen LogP contribution in [0.3, 0.4) is 0 Å². The molecule has 97 valence electrons. The molecule has 1 radical (unpaired) electrons. The van der Waals surface area contributed by atoms with Crippen molar-refractivity contribution in [2.75, 3.05) is 0 Å². The Bertz CT molecular complexity index is 246. The molecular weight excluding hydrogens is 281 g/mol. The van der Waals surface area contributed by atoms with Crippen LogP contribution in [0.1, 0.15) is 65.2 Å². The van der Waals surface area contributed by atoms with Crippen LogP contribution in [0, 0.1) is 36.5 Å². The fourth-order valence-corrected chi connectivity index (χ4v) is 4.64. The molecular formula is C16H28Y-2. The van der Waals surface area contributed by atoms with Gasteiger partial charge >= 0.3 is 0 Å². The summed E-state index contributed by atoms with van der Waals surface area (Å²) in [4.78, 5) is 0. The first-order valence-corrected chi connectivity index (χ1v) is 7.09. The zero-order valence-corrected chi connectivity index (χ0v) is 14.6. The summed E-state index contributed by atoms with van der Waals surface area (Å²) in [5.41, 5.74) is 0.985. The van der Waals surface area contributed by atoms with Crippen LogP contribution < -0.4 is 0 Å². The summed E-state index contributed by atoms with van der Waals surface area (Å²) in [5.74, 6) is 1.72. The fraction of sp³-hybridized carbons (Fsp3) is 0.875. The second kappa shape index (κ2) is 6.04. The van der Waals surface area contributed by atoms with Gasteiger partial charge in [-0.1, -0.05) is 51.9 Å². The predicted octanol–water partition coefficient (Wildman–Crippen LogP) is 5.05. The maximum absolute atomic E-state index is 4.62. The standard InChI is InChI=1S/C16H28.Y/c1-5-13(2)9-16(4)11-14-7-6-8-15(3,10-14)12-16;/h13-14H,1,4-12H2,2-3H3;/q-2;. The molecule has 2 aliphatic rings. The number of hydrogen-bond acceptors (Lipinski definition) is 0. The summed E-state index contributed by atoms with van der Waals surface area (Å²) >= 11 is 0. The Labute approximate surface area is 134 Å². The first kappa shape index (κ1) is 16.2. The summed E-state index contributed by atoms with van der Waals surface area (Å²) in [5, 5.41) is 0. The molecule has 17 heavy (non-hydrogen) atoms. The maximum Gasteiger partial charge on any atom is 0 e. The SMILES string of the molecule is [CH2-]CC(C)CC1([CH2-])CC2CCCC(C)(C2)C1.[Y]. The van der Waals surface area contributed by atoms with E-state index in [0.29, 0.717) is 10.8 Å². The van der Waals surface area contributed by atoms with Crippen molar-refractivity contribution in [3.63, 3.8) is 0 Å². The van der Waals surface area contributed by atoms with Crippen LogP contribution in [0.2, 0.25) is 0 Å². The van der Waals surface area contributed by atoms with Crippen LogP contribution in [0.15, 0.2) is 0 Å². The maximum atomic E-state index is 4.62. The van der Waals surface area contributed by atoms with Crippen molar-refractivity contribution in [3.8, 4) is 0 Å². The van der Waals surface area contributed by atoms with Crippen molar-refractivity contribution in [2.45, 2.75) is 65.2 Å². The average molecular weight is 309 g/mol. The summed E-state index contributed by atoms with van der Waals surface area (Å²) in [6.45, 7) is 13.5. The number of fused-ring (bicyclic) bond motifs is 2. The van der Waals surface area contributed by atoms with E-state index in [4.69, 9.17) is 0 Å². The summed E-state index contributed by atoms with van der Waals surface area (Å²) in [6.07, 6.45) is 10.9. The minimum absolute atomic E-state index is 0. The van der Waals surface area contributed by atoms with Gasteiger partial charge in [-0.2, -0.15) is 11.8 Å². The van der Waals surface area contributed by atoms with Gasteiger partial charge in [0.05, 0.1) is 0 Å². The molecule has 0 N–H and O–H groups in total. The number of hydrogen-bond donors (Lipinski definition) is 0. The second-order valence-electron chi connectivity index (χ2n) is 7.25. The van der Waals surface area contributed by atoms with E-state index in [1.807, 2.05) is 0 Å². The molecule has 0 aliphatic heterocycles. The molecule has 0 spiro atoms. The van der Waals surface area contributed by atoms with Gasteiger partial charge in [0.2, 0.25) is 0 Å². The van der Waals surface area contributed by atoms with Gasteiger partial charge in [-0.25, -0.2) is 0 Å². The molecule has 1 heteroatoms. The zero-order valence-electron chi connectivity index (χ0n) is 11.8. The van der Waals surface area contributed by atoms with Crippen LogP contribution in [-0.4, -0.2) is 0 Å². The van der Waals surface area contributed by atoms with Gasteiger partial charge in [0.15, 0.2) is 0 Å². The van der Waals surface area contributed by atoms with Crippen LogP contribution in [-0.2, 0) is 32.7 Å². The molecule has 4 atom stereocenters. The zero-order chi connectivity index (χ0) is 11.8. The molecule has 0 aromatic carbocycles. The fourth-order valence-electron chi connectivity index (χ4n) is 4.64. The predicted molar refractivity (Wildman–Crippen MR) is 70.8 cm³/mol. The molecule has 2 rings (SSSR count). The summed E-state index contributed by atoms with van der Waals surface area (Å²) in [7, 11) is 0. The second-order valence-corrected chi connectivity index (χ2v) is 7.25. The minimum Gasteiger partial charge on any atom is -0.343 e. The van der Waals surface area contributed by atoms with Crippen LogP contribution in [0.25, 0.3) is 0 Å². The van der Waals surface area contributed by atoms with E-state index in [9.17, 15) is 0 Å². The van der Waals surface area contributed by atoms with E-state index in [0.717, 1.165) is 18.3 Å². The molecule has 4 unspecified atom stereocenters. The molecule has 2 fully saturated rings. The van der Waals surface area contributed by atoms with Crippen molar-refractivity contribution < 1.29 is 32.7 Å². The van der Waals surface area contributed by atoms with E-state index in [1.165, 1.54) is 44.9 Å². The first-order valence-electron chi connectivity index (χ1n) is 7.09. The summed E-state index contributed by atoms with van der Waals surface area (Å²) < 4.78 is 0. The largest absolute Gasteiger partial charge is 0.343 e. The van der Waals surface area contributed by atoms with Gasteiger partial charge in [0, 0.05) is 32.7 Å². The smallest absolute Gasteiger partial charge is 0 e. The van der Waals surface area contributed by atoms with Gasteiger partial charge in [-0.3, -0.25) is 0 Å². The quantitative estimate of drug-likeness (QED) is 0.640. The third kappa shape index (κ3) is 4.03. The van der Waals surface area contributed by atoms with Gasteiger partial charge in [-0.05, 0) is 24.2 Å². The Balaban J connectivity index is 0.00000144. The van der Waals surface area contributed by atoms with Gasteiger partial charge in [0.1, 0.15) is 0 Å². The van der Waals surface area contributed by atoms with Crippen LogP contribution in [0.5, 0.6) is 0 Å². The number of rotatable bonds is 3. The Morgan fingerprint density at radius 3 is 2.65 bits per heavy atom. The first-order chi connectivity index (χ1) is 7.45. The Kier molecular flexibility index (Phi) is 5.74. The van der Waals surface area contributed by atoms with E-state index in [1.54, 1.807) is 0 Å². The molecule has 2 aliphatic carbocycles. The topological polar surface area (TPSA) is 0 Å². The molecule has 2 saturated carbocycles. The van der Waals surface area contributed by atoms with E-state index in [2.05, 4.69) is 27.7 Å². The summed E-state index contributed by atoms with van der Waals surface area (Å²) in [6, 6.07) is 0. The van der Waals surface area contributed by atoms with E-state index in [-0.39, 0.29) is 32.7 Å². The minimum atomic E-state index is 0. The Morgan fingerprint density at radius 2 is 2.06 bits per heavy atom. The van der Waals surface area contributed by atoms with Crippen molar-refractivity contribution >= 4 is 0 Å². The third-order valence-corrected chi connectivity index (χ3v) is 4.97. The molecule has 0 aromatic heterocycles. The van der Waals surface area contributed by atoms with Crippen molar-refractivity contribution in [1.82, 2.24) is 0 Å². The molecule has 0 aromatic rings. The Hall–Kier alpha value is 1.10. The van der Waals surface area contributed by atoms with Gasteiger partial charge in [-0.15, -0.1) is 0 Å². The van der Waals surface area contributed by atoms with Crippen LogP contribution >= 0.6 is 0 Å². The average Bonchev–Trinajstić information content (AvgIpc) is 2.14. The van der Waals surface area contributed by atoms with Gasteiger partial charge < -0.3 is 13.8 Å². The van der Waals surface area contributed by atoms with Crippen molar-refractivity contribution in [2.24, 2.45) is 22.7 Å². The Morgan fingerprint density at radius 1 is 1.35 bits per heavy atom. The molecule has 0 saturated heterocycles. The third-order valence-electron chi connectivity index (χ3n) is 4.97. The normalized spacial score (nSPS) is 42.7. The molecule has 0 nitrogen and oxygen atoms in total.